The summed E-state index contributed by atoms with van der Waals surface area (Å²) in [5, 5.41) is 2.85. The SMILES string of the molecule is O=C(Nc1cccc(COCC2CC2)c1)c1ccc(F)cc1I. The summed E-state index contributed by atoms with van der Waals surface area (Å²) >= 11 is 1.96. The molecule has 1 amide bonds. The van der Waals surface area contributed by atoms with Gasteiger partial charge in [0.2, 0.25) is 0 Å². The summed E-state index contributed by atoms with van der Waals surface area (Å²) in [6.07, 6.45) is 2.54. The summed E-state index contributed by atoms with van der Waals surface area (Å²) in [4.78, 5) is 12.3. The fourth-order valence-corrected chi connectivity index (χ4v) is 2.96. The van der Waals surface area contributed by atoms with Crippen molar-refractivity contribution >= 4 is 34.2 Å². The second-order valence-corrected chi connectivity index (χ2v) is 6.90. The molecule has 0 aromatic heterocycles. The van der Waals surface area contributed by atoms with Crippen LogP contribution in [0.3, 0.4) is 0 Å². The molecule has 1 N–H and O–H groups in total. The molecule has 0 spiro atoms. The number of anilines is 1. The van der Waals surface area contributed by atoms with Gasteiger partial charge in [-0.15, -0.1) is 0 Å². The molecule has 5 heteroatoms. The number of carbonyl (C=O) groups excluding carboxylic acids is 1. The van der Waals surface area contributed by atoms with E-state index in [9.17, 15) is 9.18 Å². The number of carbonyl (C=O) groups is 1. The molecule has 0 radical (unpaired) electrons. The Labute approximate surface area is 148 Å². The second kappa shape index (κ2) is 7.40. The Hall–Kier alpha value is -1.47. The molecule has 120 valence electrons. The third kappa shape index (κ3) is 4.75. The molecule has 0 bridgehead atoms. The summed E-state index contributed by atoms with van der Waals surface area (Å²) in [5.74, 6) is 0.143. The van der Waals surface area contributed by atoms with Crippen molar-refractivity contribution in [3.05, 3.63) is 63.0 Å². The lowest BCUT2D eigenvalue weighted by molar-refractivity contribution is 0.102. The highest BCUT2D eigenvalue weighted by molar-refractivity contribution is 14.1. The van der Waals surface area contributed by atoms with Crippen molar-refractivity contribution in [2.45, 2.75) is 19.4 Å². The number of rotatable bonds is 6. The normalized spacial score (nSPS) is 13.8. The van der Waals surface area contributed by atoms with Gasteiger partial charge in [-0.1, -0.05) is 12.1 Å². The Morgan fingerprint density at radius 3 is 2.83 bits per heavy atom. The molecule has 0 unspecified atom stereocenters. The highest BCUT2D eigenvalue weighted by atomic mass is 127. The van der Waals surface area contributed by atoms with E-state index in [1.807, 2.05) is 46.9 Å². The summed E-state index contributed by atoms with van der Waals surface area (Å²) in [7, 11) is 0. The lowest BCUT2D eigenvalue weighted by atomic mass is 10.2. The van der Waals surface area contributed by atoms with Crippen LogP contribution in [0.25, 0.3) is 0 Å². The molecule has 1 aliphatic carbocycles. The Bertz CT molecular complexity index is 716. The smallest absolute Gasteiger partial charge is 0.256 e. The number of amides is 1. The molecule has 0 saturated heterocycles. The summed E-state index contributed by atoms with van der Waals surface area (Å²) in [5.41, 5.74) is 2.20. The van der Waals surface area contributed by atoms with E-state index >= 15 is 0 Å². The van der Waals surface area contributed by atoms with E-state index in [-0.39, 0.29) is 11.7 Å². The zero-order chi connectivity index (χ0) is 16.2. The van der Waals surface area contributed by atoms with E-state index in [1.165, 1.54) is 31.0 Å². The third-order valence-corrected chi connectivity index (χ3v) is 4.57. The highest BCUT2D eigenvalue weighted by Crippen LogP contribution is 2.29. The Morgan fingerprint density at radius 2 is 2.09 bits per heavy atom. The van der Waals surface area contributed by atoms with Crippen LogP contribution in [0.1, 0.15) is 28.8 Å². The molecule has 1 aliphatic rings. The van der Waals surface area contributed by atoms with Crippen molar-refractivity contribution < 1.29 is 13.9 Å². The van der Waals surface area contributed by atoms with Crippen LogP contribution in [0.2, 0.25) is 0 Å². The van der Waals surface area contributed by atoms with Crippen molar-refractivity contribution in [1.82, 2.24) is 0 Å². The lowest BCUT2D eigenvalue weighted by Gasteiger charge is -2.09. The van der Waals surface area contributed by atoms with Gasteiger partial charge in [-0.2, -0.15) is 0 Å². The number of benzene rings is 2. The second-order valence-electron chi connectivity index (χ2n) is 5.74. The van der Waals surface area contributed by atoms with Crippen molar-refractivity contribution in [1.29, 1.82) is 0 Å². The van der Waals surface area contributed by atoms with Crippen molar-refractivity contribution in [2.24, 2.45) is 5.92 Å². The molecule has 1 fully saturated rings. The maximum atomic E-state index is 13.1. The minimum Gasteiger partial charge on any atom is -0.376 e. The van der Waals surface area contributed by atoms with E-state index < -0.39 is 0 Å². The van der Waals surface area contributed by atoms with Crippen LogP contribution in [0.4, 0.5) is 10.1 Å². The molecular weight excluding hydrogens is 408 g/mol. The van der Waals surface area contributed by atoms with Crippen molar-refractivity contribution in [3.8, 4) is 0 Å². The van der Waals surface area contributed by atoms with Gasteiger partial charge in [0.1, 0.15) is 5.82 Å². The van der Waals surface area contributed by atoms with Crippen molar-refractivity contribution in [2.75, 3.05) is 11.9 Å². The molecular formula is C18H17FINO2. The first-order valence-corrected chi connectivity index (χ1v) is 8.63. The van der Waals surface area contributed by atoms with Gasteiger partial charge in [0.05, 0.1) is 12.2 Å². The van der Waals surface area contributed by atoms with Crippen LogP contribution in [-0.2, 0) is 11.3 Å². The van der Waals surface area contributed by atoms with E-state index in [0.29, 0.717) is 21.4 Å². The average molecular weight is 425 g/mol. The minimum absolute atomic E-state index is 0.245. The van der Waals surface area contributed by atoms with Crippen LogP contribution in [0, 0.1) is 15.3 Å². The fraction of sp³-hybridized carbons (Fsp3) is 0.278. The quantitative estimate of drug-likeness (QED) is 0.687. The maximum absolute atomic E-state index is 13.1. The summed E-state index contributed by atoms with van der Waals surface area (Å²) < 4.78 is 19.4. The van der Waals surface area contributed by atoms with Gasteiger partial charge < -0.3 is 10.1 Å². The number of nitrogens with one attached hydrogen (secondary N) is 1. The monoisotopic (exact) mass is 425 g/mol. The number of halogens is 2. The van der Waals surface area contributed by atoms with Crippen molar-refractivity contribution in [3.63, 3.8) is 0 Å². The first kappa shape index (κ1) is 16.4. The molecule has 1 saturated carbocycles. The molecule has 3 nitrogen and oxygen atoms in total. The van der Waals surface area contributed by atoms with E-state index in [1.54, 1.807) is 0 Å². The van der Waals surface area contributed by atoms with Gasteiger partial charge in [-0.25, -0.2) is 4.39 Å². The number of hydrogen-bond donors (Lipinski definition) is 1. The molecule has 0 heterocycles. The van der Waals surface area contributed by atoms with Crippen LogP contribution in [0.15, 0.2) is 42.5 Å². The summed E-state index contributed by atoms with van der Waals surface area (Å²) in [6.45, 7) is 1.36. The lowest BCUT2D eigenvalue weighted by Crippen LogP contribution is -2.13. The van der Waals surface area contributed by atoms with E-state index in [4.69, 9.17) is 4.74 Å². The summed E-state index contributed by atoms with van der Waals surface area (Å²) in [6, 6.07) is 11.7. The average Bonchev–Trinajstić information content (AvgIpc) is 3.31. The van der Waals surface area contributed by atoms with E-state index in [0.717, 1.165) is 18.1 Å². The van der Waals surface area contributed by atoms with Gasteiger partial charge in [0, 0.05) is 15.9 Å². The molecule has 2 aromatic carbocycles. The first-order valence-electron chi connectivity index (χ1n) is 7.55. The minimum atomic E-state index is -0.347. The van der Waals surface area contributed by atoms with E-state index in [2.05, 4.69) is 5.32 Å². The van der Waals surface area contributed by atoms with Crippen LogP contribution in [0.5, 0.6) is 0 Å². The first-order chi connectivity index (χ1) is 11.1. The predicted molar refractivity (Wildman–Crippen MR) is 95.9 cm³/mol. The van der Waals surface area contributed by atoms with Crippen LogP contribution >= 0.6 is 22.6 Å². The van der Waals surface area contributed by atoms with Crippen LogP contribution < -0.4 is 5.32 Å². The Kier molecular flexibility index (Phi) is 5.27. The van der Waals surface area contributed by atoms with Gasteiger partial charge in [0.25, 0.3) is 5.91 Å². The topological polar surface area (TPSA) is 38.3 Å². The zero-order valence-corrected chi connectivity index (χ0v) is 14.7. The van der Waals surface area contributed by atoms with Gasteiger partial charge >= 0.3 is 0 Å². The largest absolute Gasteiger partial charge is 0.376 e. The highest BCUT2D eigenvalue weighted by Gasteiger charge is 2.21. The molecule has 2 aromatic rings. The van der Waals surface area contributed by atoms with Crippen LogP contribution in [-0.4, -0.2) is 12.5 Å². The third-order valence-electron chi connectivity index (χ3n) is 3.68. The Morgan fingerprint density at radius 1 is 1.26 bits per heavy atom. The zero-order valence-electron chi connectivity index (χ0n) is 12.5. The number of ether oxygens (including phenoxy) is 1. The molecule has 3 rings (SSSR count). The molecule has 0 atom stereocenters. The fourth-order valence-electron chi connectivity index (χ4n) is 2.24. The molecule has 0 aliphatic heterocycles. The predicted octanol–water partition coefficient (Wildman–Crippen LogP) is 4.61. The van der Waals surface area contributed by atoms with Gasteiger partial charge in [-0.05, 0) is 77.2 Å². The van der Waals surface area contributed by atoms with Gasteiger partial charge in [-0.3, -0.25) is 4.79 Å². The maximum Gasteiger partial charge on any atom is 0.256 e. The number of hydrogen-bond acceptors (Lipinski definition) is 2. The standard InChI is InChI=1S/C18H17FINO2/c19-14-6-7-16(17(20)9-14)18(22)21-15-3-1-2-13(8-15)11-23-10-12-4-5-12/h1-3,6-9,12H,4-5,10-11H2,(H,21,22). The molecule has 23 heavy (non-hydrogen) atoms. The van der Waals surface area contributed by atoms with Gasteiger partial charge in [0.15, 0.2) is 0 Å². The Balaban J connectivity index is 1.63.